The Morgan fingerprint density at radius 3 is 2.92 bits per heavy atom. The molecule has 0 fully saturated rings. The van der Waals surface area contributed by atoms with Crippen LogP contribution >= 0.6 is 0 Å². The first-order valence-electron chi connectivity index (χ1n) is 7.80. The summed E-state index contributed by atoms with van der Waals surface area (Å²) in [7, 11) is 0. The molecule has 2 N–H and O–H groups in total. The maximum absolute atomic E-state index is 12.1. The van der Waals surface area contributed by atoms with Crippen LogP contribution in [-0.2, 0) is 16.0 Å². The van der Waals surface area contributed by atoms with Crippen LogP contribution in [0.25, 0.3) is 0 Å². The first-order valence-corrected chi connectivity index (χ1v) is 7.80. The van der Waals surface area contributed by atoms with Gasteiger partial charge in [0.2, 0.25) is 5.91 Å². The van der Waals surface area contributed by atoms with E-state index in [2.05, 4.69) is 15.6 Å². The van der Waals surface area contributed by atoms with E-state index in [1.54, 1.807) is 0 Å². The predicted molar refractivity (Wildman–Crippen MR) is 91.2 cm³/mol. The number of amides is 2. The third kappa shape index (κ3) is 3.90. The number of nitrogens with zero attached hydrogens (tertiary/aromatic N) is 1. The van der Waals surface area contributed by atoms with Crippen molar-refractivity contribution in [1.82, 2.24) is 4.98 Å². The number of aryl methyl sites for hydroxylation is 3. The SMILES string of the molecule is Cc1cc(C)nc(NC(=O)CCc2ccc3c(c2)NC(=O)CO3)c1. The first-order chi connectivity index (χ1) is 11.5. The van der Waals surface area contributed by atoms with Crippen molar-refractivity contribution < 1.29 is 14.3 Å². The molecule has 0 unspecified atom stereocenters. The van der Waals surface area contributed by atoms with E-state index in [-0.39, 0.29) is 18.4 Å². The molecule has 1 aliphatic rings. The van der Waals surface area contributed by atoms with Crippen molar-refractivity contribution in [1.29, 1.82) is 0 Å². The smallest absolute Gasteiger partial charge is 0.262 e. The number of hydrogen-bond acceptors (Lipinski definition) is 4. The molecule has 3 rings (SSSR count). The highest BCUT2D eigenvalue weighted by Crippen LogP contribution is 2.28. The predicted octanol–water partition coefficient (Wildman–Crippen LogP) is 2.60. The zero-order valence-electron chi connectivity index (χ0n) is 13.7. The van der Waals surface area contributed by atoms with Crippen molar-refractivity contribution in [2.45, 2.75) is 26.7 Å². The number of nitrogens with one attached hydrogen (secondary N) is 2. The van der Waals surface area contributed by atoms with Crippen LogP contribution in [0, 0.1) is 13.8 Å². The van der Waals surface area contributed by atoms with Gasteiger partial charge in [0.25, 0.3) is 5.91 Å². The lowest BCUT2D eigenvalue weighted by Crippen LogP contribution is -2.25. The van der Waals surface area contributed by atoms with Gasteiger partial charge in [-0.05, 0) is 55.7 Å². The fourth-order valence-electron chi connectivity index (χ4n) is 2.65. The van der Waals surface area contributed by atoms with Crippen LogP contribution in [0.3, 0.4) is 0 Å². The van der Waals surface area contributed by atoms with Crippen molar-refractivity contribution in [3.8, 4) is 5.75 Å². The lowest BCUT2D eigenvalue weighted by molar-refractivity contribution is -0.118. The van der Waals surface area contributed by atoms with E-state index < -0.39 is 0 Å². The average Bonchev–Trinajstić information content (AvgIpc) is 2.51. The minimum Gasteiger partial charge on any atom is -0.482 e. The number of anilines is 2. The lowest BCUT2D eigenvalue weighted by atomic mass is 10.1. The van der Waals surface area contributed by atoms with Gasteiger partial charge in [-0.15, -0.1) is 0 Å². The molecule has 1 aromatic carbocycles. The molecular weight excluding hydrogens is 306 g/mol. The summed E-state index contributed by atoms with van der Waals surface area (Å²) < 4.78 is 5.32. The maximum atomic E-state index is 12.1. The highest BCUT2D eigenvalue weighted by molar-refractivity contribution is 5.95. The molecule has 1 aliphatic heterocycles. The van der Waals surface area contributed by atoms with E-state index in [1.807, 2.05) is 44.2 Å². The van der Waals surface area contributed by atoms with Crippen LogP contribution in [0.1, 0.15) is 23.2 Å². The Hall–Kier alpha value is -2.89. The Bertz CT molecular complexity index is 782. The van der Waals surface area contributed by atoms with Crippen molar-refractivity contribution in [3.05, 3.63) is 47.2 Å². The monoisotopic (exact) mass is 325 g/mol. The van der Waals surface area contributed by atoms with Gasteiger partial charge in [-0.3, -0.25) is 9.59 Å². The van der Waals surface area contributed by atoms with E-state index in [1.165, 1.54) is 0 Å². The molecule has 24 heavy (non-hydrogen) atoms. The second-order valence-electron chi connectivity index (χ2n) is 5.89. The Morgan fingerprint density at radius 2 is 2.12 bits per heavy atom. The van der Waals surface area contributed by atoms with Gasteiger partial charge < -0.3 is 15.4 Å². The standard InChI is InChI=1S/C18H19N3O3/c1-11-7-12(2)19-16(8-11)21-17(22)6-4-13-3-5-15-14(9-13)20-18(23)10-24-15/h3,5,7-9H,4,6,10H2,1-2H3,(H,20,23)(H,19,21,22). The number of carbonyl (C=O) groups excluding carboxylic acids is 2. The van der Waals surface area contributed by atoms with E-state index in [0.29, 0.717) is 30.1 Å². The highest BCUT2D eigenvalue weighted by Gasteiger charge is 2.16. The zero-order valence-corrected chi connectivity index (χ0v) is 13.7. The Morgan fingerprint density at radius 1 is 1.29 bits per heavy atom. The quantitative estimate of drug-likeness (QED) is 0.905. The Balaban J connectivity index is 1.60. The van der Waals surface area contributed by atoms with Crippen molar-refractivity contribution in [2.75, 3.05) is 17.2 Å². The number of ether oxygens (including phenoxy) is 1. The molecule has 0 spiro atoms. The van der Waals surface area contributed by atoms with Crippen LogP contribution in [0.4, 0.5) is 11.5 Å². The lowest BCUT2D eigenvalue weighted by Gasteiger charge is -2.18. The van der Waals surface area contributed by atoms with Crippen molar-refractivity contribution in [3.63, 3.8) is 0 Å². The van der Waals surface area contributed by atoms with Gasteiger partial charge in [-0.2, -0.15) is 0 Å². The van der Waals surface area contributed by atoms with Gasteiger partial charge in [0.05, 0.1) is 5.69 Å². The molecule has 2 heterocycles. The van der Waals surface area contributed by atoms with Crippen LogP contribution < -0.4 is 15.4 Å². The molecule has 6 nitrogen and oxygen atoms in total. The molecule has 2 aromatic rings. The van der Waals surface area contributed by atoms with Gasteiger partial charge >= 0.3 is 0 Å². The summed E-state index contributed by atoms with van der Waals surface area (Å²) in [5.74, 6) is 0.967. The van der Waals surface area contributed by atoms with Gasteiger partial charge in [-0.25, -0.2) is 4.98 Å². The number of rotatable bonds is 4. The largest absolute Gasteiger partial charge is 0.482 e. The molecule has 1 aromatic heterocycles. The second-order valence-corrected chi connectivity index (χ2v) is 5.89. The fraction of sp³-hybridized carbons (Fsp3) is 0.278. The number of carbonyl (C=O) groups is 2. The summed E-state index contributed by atoms with van der Waals surface area (Å²) in [6.45, 7) is 3.90. The van der Waals surface area contributed by atoms with E-state index in [4.69, 9.17) is 4.74 Å². The maximum Gasteiger partial charge on any atom is 0.262 e. The van der Waals surface area contributed by atoms with Gasteiger partial charge in [0.15, 0.2) is 6.61 Å². The molecule has 0 saturated carbocycles. The molecule has 0 saturated heterocycles. The van der Waals surface area contributed by atoms with E-state index in [9.17, 15) is 9.59 Å². The first kappa shape index (κ1) is 16.0. The molecule has 0 atom stereocenters. The minimum absolute atomic E-state index is 0.0393. The van der Waals surface area contributed by atoms with Crippen LogP contribution in [-0.4, -0.2) is 23.4 Å². The van der Waals surface area contributed by atoms with E-state index in [0.717, 1.165) is 16.8 Å². The Labute approximate surface area is 140 Å². The molecule has 6 heteroatoms. The van der Waals surface area contributed by atoms with Crippen LogP contribution in [0.5, 0.6) is 5.75 Å². The molecule has 0 radical (unpaired) electrons. The van der Waals surface area contributed by atoms with Crippen LogP contribution in [0.15, 0.2) is 30.3 Å². The zero-order chi connectivity index (χ0) is 17.1. The number of hydrogen-bond donors (Lipinski definition) is 2. The fourth-order valence-corrected chi connectivity index (χ4v) is 2.65. The number of aromatic nitrogens is 1. The molecule has 2 amide bonds. The highest BCUT2D eigenvalue weighted by atomic mass is 16.5. The molecule has 0 bridgehead atoms. The third-order valence-electron chi connectivity index (χ3n) is 3.68. The van der Waals surface area contributed by atoms with Crippen LogP contribution in [0.2, 0.25) is 0 Å². The molecule has 0 aliphatic carbocycles. The summed E-state index contributed by atoms with van der Waals surface area (Å²) >= 11 is 0. The van der Waals surface area contributed by atoms with Gasteiger partial charge in [0.1, 0.15) is 11.6 Å². The summed E-state index contributed by atoms with van der Waals surface area (Å²) in [6, 6.07) is 9.36. The molecular formula is C18H19N3O3. The summed E-state index contributed by atoms with van der Waals surface area (Å²) in [5.41, 5.74) is 3.54. The number of benzene rings is 1. The Kier molecular flexibility index (Phi) is 4.46. The van der Waals surface area contributed by atoms with Gasteiger partial charge in [0, 0.05) is 12.1 Å². The minimum atomic E-state index is -0.168. The number of fused-ring (bicyclic) bond motifs is 1. The summed E-state index contributed by atoms with van der Waals surface area (Å²) in [6.07, 6.45) is 0.905. The topological polar surface area (TPSA) is 80.3 Å². The number of pyridine rings is 1. The molecule has 124 valence electrons. The summed E-state index contributed by atoms with van der Waals surface area (Å²) in [4.78, 5) is 27.8. The summed E-state index contributed by atoms with van der Waals surface area (Å²) in [5, 5.41) is 5.58. The van der Waals surface area contributed by atoms with Crippen molar-refractivity contribution >= 4 is 23.3 Å². The third-order valence-corrected chi connectivity index (χ3v) is 3.68. The van der Waals surface area contributed by atoms with Gasteiger partial charge in [-0.1, -0.05) is 6.07 Å². The second kappa shape index (κ2) is 6.70. The van der Waals surface area contributed by atoms with E-state index >= 15 is 0 Å². The van der Waals surface area contributed by atoms with Crippen molar-refractivity contribution in [2.24, 2.45) is 0 Å². The normalized spacial score (nSPS) is 12.8. The average molecular weight is 325 g/mol.